The number of halogens is 1. The number of alkyl halides is 1. The van der Waals surface area contributed by atoms with Gasteiger partial charge in [0.1, 0.15) is 5.56 Å². The van der Waals surface area contributed by atoms with Gasteiger partial charge in [-0.25, -0.2) is 5.26 Å². The van der Waals surface area contributed by atoms with Crippen molar-refractivity contribution < 1.29 is 14.9 Å². The van der Waals surface area contributed by atoms with Crippen LogP contribution in [-0.4, -0.2) is 33.3 Å². The Labute approximate surface area is 91.2 Å². The maximum Gasteiger partial charge on any atom is 0.287 e. The summed E-state index contributed by atoms with van der Waals surface area (Å²) in [6.07, 6.45) is 1.32. The molecule has 15 heavy (non-hydrogen) atoms. The molecule has 0 aliphatic carbocycles. The van der Waals surface area contributed by atoms with E-state index in [-0.39, 0.29) is 17.5 Å². The third-order valence-corrected chi connectivity index (χ3v) is 2.09. The third-order valence-electron chi connectivity index (χ3n) is 1.63. The molecule has 2 N–H and O–H groups in total. The quantitative estimate of drug-likeness (QED) is 0.452. The van der Waals surface area contributed by atoms with E-state index in [1.54, 1.807) is 6.92 Å². The molecule has 1 unspecified atom stereocenters. The van der Waals surface area contributed by atoms with Crippen molar-refractivity contribution >= 4 is 17.5 Å². The van der Waals surface area contributed by atoms with Crippen LogP contribution >= 0.6 is 11.6 Å². The zero-order valence-electron chi connectivity index (χ0n) is 7.98. The molecule has 0 radical (unpaired) electrons. The Balaban J connectivity index is 2.81. The molecule has 0 bridgehead atoms. The minimum absolute atomic E-state index is 0.101. The van der Waals surface area contributed by atoms with E-state index in [9.17, 15) is 4.79 Å². The van der Waals surface area contributed by atoms with Gasteiger partial charge in [-0.3, -0.25) is 4.79 Å². The highest BCUT2D eigenvalue weighted by atomic mass is 35.5. The van der Waals surface area contributed by atoms with Crippen LogP contribution in [0.3, 0.4) is 0 Å². The van der Waals surface area contributed by atoms with E-state index in [0.29, 0.717) is 5.88 Å². The van der Waals surface area contributed by atoms with E-state index >= 15 is 0 Å². The molecule has 1 atom stereocenters. The highest BCUT2D eigenvalue weighted by molar-refractivity contribution is 6.18. The van der Waals surface area contributed by atoms with Crippen LogP contribution in [0.25, 0.3) is 0 Å². The first-order valence-electron chi connectivity index (χ1n) is 4.19. The first-order chi connectivity index (χ1) is 7.19. The zero-order valence-corrected chi connectivity index (χ0v) is 8.73. The summed E-state index contributed by atoms with van der Waals surface area (Å²) in [6.45, 7) is 1.75. The number of carbonyl (C=O) groups excluding carboxylic acids is 1. The minimum Gasteiger partial charge on any atom is -0.348 e. The minimum atomic E-state index is -0.429. The lowest BCUT2D eigenvalue weighted by Gasteiger charge is -2.10. The number of nitrogens with one attached hydrogen (secondary N) is 1. The van der Waals surface area contributed by atoms with E-state index in [0.717, 1.165) is 0 Å². The average molecular weight is 232 g/mol. The SMILES string of the molecule is CC(CCl)NC(=O)c1ccnnc1OO. The van der Waals surface area contributed by atoms with Crippen molar-refractivity contribution in [3.63, 3.8) is 0 Å². The Morgan fingerprint density at radius 1 is 1.80 bits per heavy atom. The molecule has 1 aromatic rings. The maximum absolute atomic E-state index is 11.6. The first kappa shape index (κ1) is 11.7. The van der Waals surface area contributed by atoms with Crippen molar-refractivity contribution in [2.45, 2.75) is 13.0 Å². The van der Waals surface area contributed by atoms with Gasteiger partial charge in [-0.2, -0.15) is 5.10 Å². The molecule has 0 aliphatic rings. The first-order valence-corrected chi connectivity index (χ1v) is 4.72. The molecule has 6 nitrogen and oxygen atoms in total. The second-order valence-corrected chi connectivity index (χ2v) is 3.18. The van der Waals surface area contributed by atoms with E-state index in [1.165, 1.54) is 12.3 Å². The number of aromatic nitrogens is 2. The lowest BCUT2D eigenvalue weighted by molar-refractivity contribution is -0.142. The van der Waals surface area contributed by atoms with Crippen LogP contribution in [0.5, 0.6) is 5.88 Å². The second-order valence-electron chi connectivity index (χ2n) is 2.87. The maximum atomic E-state index is 11.6. The van der Waals surface area contributed by atoms with E-state index in [4.69, 9.17) is 16.9 Å². The molecule has 1 rings (SSSR count). The smallest absolute Gasteiger partial charge is 0.287 e. The van der Waals surface area contributed by atoms with Gasteiger partial charge in [0, 0.05) is 11.9 Å². The topological polar surface area (TPSA) is 84.3 Å². The zero-order chi connectivity index (χ0) is 11.3. The normalized spacial score (nSPS) is 11.9. The summed E-state index contributed by atoms with van der Waals surface area (Å²) in [5.74, 6) is -0.376. The number of hydrogen-bond acceptors (Lipinski definition) is 5. The predicted octanol–water partition coefficient (Wildman–Crippen LogP) is 0.685. The molecule has 0 saturated heterocycles. The lowest BCUT2D eigenvalue weighted by Crippen LogP contribution is -2.34. The average Bonchev–Trinajstić information content (AvgIpc) is 2.28. The third kappa shape index (κ3) is 3.03. The van der Waals surface area contributed by atoms with Crippen LogP contribution in [0.2, 0.25) is 0 Å². The van der Waals surface area contributed by atoms with Gasteiger partial charge in [-0.15, -0.1) is 16.7 Å². The molecular weight excluding hydrogens is 222 g/mol. The number of rotatable bonds is 4. The van der Waals surface area contributed by atoms with Crippen molar-refractivity contribution in [3.8, 4) is 5.88 Å². The molecule has 0 fully saturated rings. The Kier molecular flexibility index (Phi) is 4.26. The summed E-state index contributed by atoms with van der Waals surface area (Å²) in [5.41, 5.74) is 0.101. The van der Waals surface area contributed by atoms with Crippen molar-refractivity contribution in [1.82, 2.24) is 15.5 Å². The van der Waals surface area contributed by atoms with Crippen LogP contribution in [-0.2, 0) is 0 Å². The summed E-state index contributed by atoms with van der Waals surface area (Å²) >= 11 is 5.53. The Hall–Kier alpha value is -1.40. The Morgan fingerprint density at radius 3 is 3.13 bits per heavy atom. The number of nitrogens with zero attached hydrogens (tertiary/aromatic N) is 2. The second kappa shape index (κ2) is 5.47. The van der Waals surface area contributed by atoms with Crippen molar-refractivity contribution in [2.75, 3.05) is 5.88 Å². The number of amides is 1. The molecular formula is C8H10ClN3O3. The highest BCUT2D eigenvalue weighted by Crippen LogP contribution is 2.11. The molecule has 0 aliphatic heterocycles. The van der Waals surface area contributed by atoms with Crippen molar-refractivity contribution in [1.29, 1.82) is 0 Å². The molecule has 0 saturated carbocycles. The van der Waals surface area contributed by atoms with Gasteiger partial charge in [0.25, 0.3) is 11.8 Å². The fraction of sp³-hybridized carbons (Fsp3) is 0.375. The van der Waals surface area contributed by atoms with Gasteiger partial charge in [0.2, 0.25) is 0 Å². The van der Waals surface area contributed by atoms with Gasteiger partial charge >= 0.3 is 0 Å². The van der Waals surface area contributed by atoms with Crippen LogP contribution in [0.15, 0.2) is 12.3 Å². The number of carbonyl (C=O) groups is 1. The standard InChI is InChI=1S/C8H10ClN3O3/c1-5(4-9)11-7(13)6-2-3-10-12-8(6)15-14/h2-3,5,14H,4H2,1H3,(H,11,13). The highest BCUT2D eigenvalue weighted by Gasteiger charge is 2.15. The summed E-state index contributed by atoms with van der Waals surface area (Å²) in [4.78, 5) is 15.5. The van der Waals surface area contributed by atoms with E-state index in [1.807, 2.05) is 0 Å². The van der Waals surface area contributed by atoms with Crippen LogP contribution in [0.1, 0.15) is 17.3 Å². The largest absolute Gasteiger partial charge is 0.348 e. The monoisotopic (exact) mass is 231 g/mol. The van der Waals surface area contributed by atoms with Crippen LogP contribution in [0.4, 0.5) is 0 Å². The van der Waals surface area contributed by atoms with Gasteiger partial charge in [-0.1, -0.05) is 0 Å². The summed E-state index contributed by atoms with van der Waals surface area (Å²) < 4.78 is 0. The molecule has 0 aromatic carbocycles. The van der Waals surface area contributed by atoms with Crippen LogP contribution < -0.4 is 10.2 Å². The van der Waals surface area contributed by atoms with Gasteiger partial charge in [-0.05, 0) is 13.0 Å². The van der Waals surface area contributed by atoms with Crippen LogP contribution in [0, 0.1) is 0 Å². The molecule has 0 spiro atoms. The lowest BCUT2D eigenvalue weighted by atomic mass is 10.2. The molecule has 1 heterocycles. The summed E-state index contributed by atoms with van der Waals surface area (Å²) in [6, 6.07) is 1.20. The van der Waals surface area contributed by atoms with Crippen molar-refractivity contribution in [2.24, 2.45) is 0 Å². The fourth-order valence-corrected chi connectivity index (χ4v) is 0.976. The number of hydrogen-bond donors (Lipinski definition) is 2. The molecule has 82 valence electrons. The fourth-order valence-electron chi connectivity index (χ4n) is 0.899. The molecule has 1 aromatic heterocycles. The summed E-state index contributed by atoms with van der Waals surface area (Å²) in [5, 5.41) is 17.9. The molecule has 1 amide bonds. The summed E-state index contributed by atoms with van der Waals surface area (Å²) in [7, 11) is 0. The van der Waals surface area contributed by atoms with Crippen molar-refractivity contribution in [3.05, 3.63) is 17.8 Å². The predicted molar refractivity (Wildman–Crippen MR) is 52.9 cm³/mol. The van der Waals surface area contributed by atoms with E-state index < -0.39 is 5.91 Å². The van der Waals surface area contributed by atoms with Gasteiger partial charge < -0.3 is 10.2 Å². The molecule has 7 heteroatoms. The van der Waals surface area contributed by atoms with Gasteiger partial charge in [0.05, 0.1) is 6.20 Å². The Bertz CT molecular complexity index is 348. The van der Waals surface area contributed by atoms with Gasteiger partial charge in [0.15, 0.2) is 0 Å². The Morgan fingerprint density at radius 2 is 2.53 bits per heavy atom. The van der Waals surface area contributed by atoms with E-state index in [2.05, 4.69) is 20.4 Å².